The molecule has 0 spiro atoms. The van der Waals surface area contributed by atoms with Crippen molar-refractivity contribution >= 4 is 31.8 Å². The van der Waals surface area contributed by atoms with Crippen molar-refractivity contribution in [3.8, 4) is 0 Å². The summed E-state index contributed by atoms with van der Waals surface area (Å²) in [6.07, 6.45) is 0. The van der Waals surface area contributed by atoms with Crippen molar-refractivity contribution in [3.05, 3.63) is 106 Å². The highest BCUT2D eigenvalue weighted by molar-refractivity contribution is 7.99. The monoisotopic (exact) mass is 530 g/mol. The molecule has 0 saturated heterocycles. The molecule has 0 heterocycles. The van der Waals surface area contributed by atoms with Crippen LogP contribution in [0.25, 0.3) is 16.0 Å². The van der Waals surface area contributed by atoms with Gasteiger partial charge in [-0.1, -0.05) is 42.5 Å². The molecule has 0 radical (unpaired) electrons. The van der Waals surface area contributed by atoms with E-state index in [-0.39, 0.29) is 9.79 Å². The third-order valence-electron chi connectivity index (χ3n) is 4.95. The van der Waals surface area contributed by atoms with Crippen molar-refractivity contribution in [3.63, 3.8) is 0 Å². The second-order valence-electron chi connectivity index (χ2n) is 7.40. The fourth-order valence-corrected chi connectivity index (χ4v) is 5.43. The highest BCUT2D eigenvalue weighted by Crippen LogP contribution is 2.20. The van der Waals surface area contributed by atoms with Crippen LogP contribution in [0.2, 0.25) is 0 Å². The number of hydrogen-bond acceptors (Lipinski definition) is 6. The SMILES string of the molecule is [N-]=[N+]=NS(=O)(=O)c1ccc(CN(CCSc2ccccc2)Cc2ccc(S(=O)(=O)[NH+]=[N-])cc2)cc1. The van der Waals surface area contributed by atoms with Crippen molar-refractivity contribution in [1.82, 2.24) is 4.90 Å². The van der Waals surface area contributed by atoms with E-state index in [1.165, 1.54) is 28.8 Å². The van der Waals surface area contributed by atoms with E-state index in [1.54, 1.807) is 36.0 Å². The van der Waals surface area contributed by atoms with Crippen LogP contribution in [0.3, 0.4) is 0 Å². The van der Waals surface area contributed by atoms with Crippen molar-refractivity contribution in [1.29, 1.82) is 0 Å². The fraction of sp³-hybridized carbons (Fsp3) is 0.182. The Bertz CT molecular complexity index is 1410. The van der Waals surface area contributed by atoms with Crippen molar-refractivity contribution < 1.29 is 21.4 Å². The predicted molar refractivity (Wildman–Crippen MR) is 132 cm³/mol. The molecule has 1 N–H and O–H groups in total. The number of azide groups is 1. The summed E-state index contributed by atoms with van der Waals surface area (Å²) in [4.78, 5) is 5.52. The number of benzene rings is 3. The molecule has 35 heavy (non-hydrogen) atoms. The summed E-state index contributed by atoms with van der Waals surface area (Å²) < 4.78 is 51.5. The lowest BCUT2D eigenvalue weighted by molar-refractivity contribution is -0.294. The third-order valence-corrected chi connectivity index (χ3v) is 8.23. The average molecular weight is 531 g/mol. The topological polar surface area (TPSA) is 157 Å². The first-order valence-electron chi connectivity index (χ1n) is 10.3. The molecule has 0 amide bonds. The van der Waals surface area contributed by atoms with E-state index < -0.39 is 20.0 Å². The van der Waals surface area contributed by atoms with Crippen LogP contribution in [-0.4, -0.2) is 34.0 Å². The van der Waals surface area contributed by atoms with Gasteiger partial charge in [-0.2, -0.15) is 8.42 Å². The van der Waals surface area contributed by atoms with E-state index in [2.05, 4.69) is 14.3 Å². The molecule has 0 aliphatic heterocycles. The summed E-state index contributed by atoms with van der Waals surface area (Å²) in [6, 6.07) is 22.3. The number of sulfonamides is 2. The molecule has 0 atom stereocenters. The zero-order valence-electron chi connectivity index (χ0n) is 18.4. The van der Waals surface area contributed by atoms with Crippen LogP contribution in [-0.2, 0) is 33.1 Å². The molecule has 0 aromatic heterocycles. The molecule has 0 fully saturated rings. The summed E-state index contributed by atoms with van der Waals surface area (Å²) in [5.74, 6) is 0.800. The number of nitrogens with zero attached hydrogens (tertiary/aromatic N) is 5. The second kappa shape index (κ2) is 12.0. The van der Waals surface area contributed by atoms with Gasteiger partial charge in [0, 0.05) is 39.7 Å². The molecule has 0 aliphatic carbocycles. The Balaban J connectivity index is 1.75. The summed E-state index contributed by atoms with van der Waals surface area (Å²) in [7, 11) is -8.00. The second-order valence-corrected chi connectivity index (χ2v) is 11.8. The van der Waals surface area contributed by atoms with Crippen LogP contribution in [0.1, 0.15) is 11.1 Å². The Morgan fingerprint density at radius 1 is 0.829 bits per heavy atom. The summed E-state index contributed by atoms with van der Waals surface area (Å²) >= 11 is 1.71. The minimum Gasteiger partial charge on any atom is -0.489 e. The highest BCUT2D eigenvalue weighted by Gasteiger charge is 2.16. The van der Waals surface area contributed by atoms with Gasteiger partial charge < -0.3 is 5.53 Å². The van der Waals surface area contributed by atoms with E-state index in [4.69, 9.17) is 11.1 Å². The van der Waals surface area contributed by atoms with Crippen LogP contribution in [0.15, 0.2) is 98.1 Å². The zero-order valence-corrected chi connectivity index (χ0v) is 20.9. The van der Waals surface area contributed by atoms with E-state index in [9.17, 15) is 16.8 Å². The largest absolute Gasteiger partial charge is 0.489 e. The lowest BCUT2D eigenvalue weighted by atomic mass is 10.1. The van der Waals surface area contributed by atoms with Crippen molar-refractivity contribution in [2.24, 2.45) is 4.52 Å². The summed E-state index contributed by atoms with van der Waals surface area (Å²) in [5.41, 5.74) is 19.0. The maximum Gasteiger partial charge on any atom is 0.382 e. The van der Waals surface area contributed by atoms with Gasteiger partial charge in [-0.3, -0.25) is 4.90 Å². The first kappa shape index (κ1) is 26.4. The van der Waals surface area contributed by atoms with Gasteiger partial charge in [0.2, 0.25) is 0 Å². The molecular formula is C22H22N6O4S3. The number of hydrogen-bond donors (Lipinski definition) is 1. The number of thioether (sulfide) groups is 1. The molecule has 0 aliphatic rings. The van der Waals surface area contributed by atoms with Gasteiger partial charge in [0.25, 0.3) is 10.0 Å². The zero-order chi connectivity index (χ0) is 25.3. The minimum absolute atomic E-state index is 0.0493. The smallest absolute Gasteiger partial charge is 0.382 e. The normalized spacial score (nSPS) is 11.7. The quantitative estimate of drug-likeness (QED) is 0.164. The third kappa shape index (κ3) is 7.64. The summed E-state index contributed by atoms with van der Waals surface area (Å²) in [6.45, 7) is 1.73. The number of rotatable bonds is 12. The summed E-state index contributed by atoms with van der Waals surface area (Å²) in [5, 5.41) is 0. The molecule has 0 saturated carbocycles. The van der Waals surface area contributed by atoms with Crippen LogP contribution < -0.4 is 4.52 Å². The first-order valence-corrected chi connectivity index (χ1v) is 14.2. The van der Waals surface area contributed by atoms with Gasteiger partial charge in [-0.15, -0.1) is 11.8 Å². The van der Waals surface area contributed by atoms with E-state index >= 15 is 0 Å². The Morgan fingerprint density at radius 3 is 1.89 bits per heavy atom. The van der Waals surface area contributed by atoms with Crippen LogP contribution in [0, 0.1) is 0 Å². The molecule has 0 bridgehead atoms. The predicted octanol–water partition coefficient (Wildman–Crippen LogP) is 3.27. The van der Waals surface area contributed by atoms with Gasteiger partial charge in [-0.25, -0.2) is 12.9 Å². The maximum atomic E-state index is 11.9. The molecule has 10 nitrogen and oxygen atoms in total. The number of nitrogens with one attached hydrogen (secondary N) is 1. The Hall–Kier alpha value is -3.22. The lowest BCUT2D eigenvalue weighted by Crippen LogP contribution is -2.67. The molecule has 182 valence electrons. The maximum absolute atomic E-state index is 11.9. The van der Waals surface area contributed by atoms with Gasteiger partial charge in [-0.05, 0) is 53.1 Å². The van der Waals surface area contributed by atoms with Crippen molar-refractivity contribution in [2.75, 3.05) is 12.3 Å². The molecule has 0 unspecified atom stereocenters. The average Bonchev–Trinajstić information content (AvgIpc) is 2.85. The van der Waals surface area contributed by atoms with Gasteiger partial charge >= 0.3 is 10.0 Å². The van der Waals surface area contributed by atoms with Gasteiger partial charge in [0.05, 0.1) is 4.90 Å². The lowest BCUT2D eigenvalue weighted by Gasteiger charge is -2.23. The molecule has 3 aromatic carbocycles. The highest BCUT2D eigenvalue weighted by atomic mass is 32.2. The van der Waals surface area contributed by atoms with Crippen LogP contribution in [0.5, 0.6) is 0 Å². The Kier molecular flexibility index (Phi) is 9.01. The van der Waals surface area contributed by atoms with E-state index in [0.717, 1.165) is 21.8 Å². The minimum atomic E-state index is -4.05. The first-order chi connectivity index (χ1) is 16.7. The fourth-order valence-electron chi connectivity index (χ4n) is 3.23. The Labute approximate surface area is 208 Å². The van der Waals surface area contributed by atoms with E-state index in [1.807, 2.05) is 30.3 Å². The standard InChI is InChI=1S/C22H22N6O4S3/c23-25-27-35(31,32)22-12-8-19(9-13-22)17-28(14-15-33-20-4-2-1-3-5-20)16-18-6-10-21(11-7-18)34(29,30)26-24/h1-13,26H,14-17H2. The van der Waals surface area contributed by atoms with E-state index in [0.29, 0.717) is 19.6 Å². The molecule has 13 heteroatoms. The molecule has 3 aromatic rings. The van der Waals surface area contributed by atoms with Gasteiger partial charge in [0.15, 0.2) is 0 Å². The molecule has 3 rings (SSSR count). The Morgan fingerprint density at radius 2 is 1.37 bits per heavy atom. The van der Waals surface area contributed by atoms with Crippen LogP contribution >= 0.6 is 11.8 Å². The van der Waals surface area contributed by atoms with Gasteiger partial charge in [0.1, 0.15) is 4.90 Å². The molecular weight excluding hydrogens is 508 g/mol. The van der Waals surface area contributed by atoms with Crippen molar-refractivity contribution in [2.45, 2.75) is 27.8 Å². The van der Waals surface area contributed by atoms with Crippen LogP contribution in [0.4, 0.5) is 0 Å².